The molecule has 22 heavy (non-hydrogen) atoms. The van der Waals surface area contributed by atoms with Gasteiger partial charge in [-0.2, -0.15) is 0 Å². The Morgan fingerprint density at radius 2 is 2.05 bits per heavy atom. The normalized spacial score (nSPS) is 10.5. The summed E-state index contributed by atoms with van der Waals surface area (Å²) in [6.07, 6.45) is 5.96. The number of aromatic nitrogens is 3. The first-order valence-electron chi connectivity index (χ1n) is 6.81. The Bertz CT molecular complexity index is 778. The third-order valence-corrected chi connectivity index (χ3v) is 3.42. The molecule has 0 radical (unpaired) electrons. The molecule has 0 aliphatic heterocycles. The number of benzene rings is 1. The molecule has 0 amide bonds. The Labute approximate surface area is 133 Å². The van der Waals surface area contributed by atoms with Crippen LogP contribution in [-0.2, 0) is 6.42 Å². The molecular formula is C17H14ClN3O. The average molecular weight is 312 g/mol. The van der Waals surface area contributed by atoms with Crippen molar-refractivity contribution in [3.8, 4) is 17.1 Å². The first-order valence-corrected chi connectivity index (χ1v) is 7.19. The van der Waals surface area contributed by atoms with Crippen molar-refractivity contribution >= 4 is 11.6 Å². The molecule has 2 aromatic heterocycles. The maximum absolute atomic E-state index is 6.06. The van der Waals surface area contributed by atoms with Gasteiger partial charge in [0, 0.05) is 29.4 Å². The van der Waals surface area contributed by atoms with E-state index < -0.39 is 0 Å². The van der Waals surface area contributed by atoms with Gasteiger partial charge >= 0.3 is 0 Å². The van der Waals surface area contributed by atoms with Gasteiger partial charge < -0.3 is 4.74 Å². The molecule has 2 heterocycles. The quantitative estimate of drug-likeness (QED) is 0.735. The molecule has 0 spiro atoms. The minimum absolute atomic E-state index is 0.484. The van der Waals surface area contributed by atoms with Crippen molar-refractivity contribution < 1.29 is 4.74 Å². The van der Waals surface area contributed by atoms with E-state index in [0.29, 0.717) is 23.0 Å². The maximum atomic E-state index is 6.06. The average Bonchev–Trinajstić information content (AvgIpc) is 2.56. The molecule has 0 fully saturated rings. The number of pyridine rings is 1. The summed E-state index contributed by atoms with van der Waals surface area (Å²) in [6.45, 7) is 0. The van der Waals surface area contributed by atoms with E-state index >= 15 is 0 Å². The van der Waals surface area contributed by atoms with Crippen LogP contribution in [0.4, 0.5) is 0 Å². The Morgan fingerprint density at radius 1 is 1.14 bits per heavy atom. The van der Waals surface area contributed by atoms with Crippen molar-refractivity contribution in [1.82, 2.24) is 15.0 Å². The van der Waals surface area contributed by atoms with E-state index in [0.717, 1.165) is 16.8 Å². The summed E-state index contributed by atoms with van der Waals surface area (Å²) in [5, 5.41) is 0.652. The van der Waals surface area contributed by atoms with Crippen LogP contribution < -0.4 is 4.74 Å². The molecule has 0 aliphatic rings. The van der Waals surface area contributed by atoms with Gasteiger partial charge in [-0.1, -0.05) is 29.8 Å². The second-order valence-corrected chi connectivity index (χ2v) is 5.20. The summed E-state index contributed by atoms with van der Waals surface area (Å²) in [7, 11) is 1.58. The zero-order valence-corrected chi connectivity index (χ0v) is 12.8. The van der Waals surface area contributed by atoms with Gasteiger partial charge in [-0.05, 0) is 23.8 Å². The van der Waals surface area contributed by atoms with E-state index in [2.05, 4.69) is 15.0 Å². The van der Waals surface area contributed by atoms with E-state index in [1.54, 1.807) is 19.5 Å². The molecule has 3 aromatic rings. The topological polar surface area (TPSA) is 47.9 Å². The van der Waals surface area contributed by atoms with Crippen molar-refractivity contribution in [2.75, 3.05) is 7.11 Å². The number of halogens is 1. The van der Waals surface area contributed by atoms with Crippen LogP contribution in [-0.4, -0.2) is 22.1 Å². The van der Waals surface area contributed by atoms with Gasteiger partial charge in [0.2, 0.25) is 5.88 Å². The van der Waals surface area contributed by atoms with Crippen LogP contribution in [0.3, 0.4) is 0 Å². The number of nitrogens with zero attached hydrogens (tertiary/aromatic N) is 3. The van der Waals surface area contributed by atoms with Gasteiger partial charge in [0.25, 0.3) is 0 Å². The summed E-state index contributed by atoms with van der Waals surface area (Å²) < 4.78 is 5.32. The van der Waals surface area contributed by atoms with Crippen LogP contribution in [0.1, 0.15) is 11.3 Å². The molecule has 3 rings (SSSR count). The monoisotopic (exact) mass is 311 g/mol. The SMILES string of the molecule is COc1ncc(Cc2cccnc2)nc1-c1cccc(Cl)c1. The number of hydrogen-bond acceptors (Lipinski definition) is 4. The fraction of sp³-hybridized carbons (Fsp3) is 0.118. The highest BCUT2D eigenvalue weighted by molar-refractivity contribution is 6.30. The van der Waals surface area contributed by atoms with Gasteiger partial charge in [-0.15, -0.1) is 0 Å². The number of rotatable bonds is 4. The van der Waals surface area contributed by atoms with Gasteiger partial charge in [-0.25, -0.2) is 9.97 Å². The van der Waals surface area contributed by atoms with Crippen molar-refractivity contribution in [1.29, 1.82) is 0 Å². The summed E-state index contributed by atoms with van der Waals surface area (Å²) in [4.78, 5) is 13.1. The van der Waals surface area contributed by atoms with Gasteiger partial charge in [0.15, 0.2) is 0 Å². The summed E-state index contributed by atoms with van der Waals surface area (Å²) in [5.41, 5.74) is 3.50. The number of hydrogen-bond donors (Lipinski definition) is 0. The Hall–Kier alpha value is -2.46. The standard InChI is InChI=1S/C17H14ClN3O/c1-22-17-16(13-5-2-6-14(18)9-13)21-15(11-20-17)8-12-4-3-7-19-10-12/h2-7,9-11H,8H2,1H3. The predicted octanol–water partition coefficient (Wildman–Crippen LogP) is 3.79. The Kier molecular flexibility index (Phi) is 4.30. The minimum atomic E-state index is 0.484. The third-order valence-electron chi connectivity index (χ3n) is 3.19. The molecule has 110 valence electrons. The molecule has 1 aromatic carbocycles. The van der Waals surface area contributed by atoms with E-state index in [1.807, 2.05) is 42.6 Å². The molecule has 4 nitrogen and oxygen atoms in total. The first kappa shape index (κ1) is 14.5. The molecular weight excluding hydrogens is 298 g/mol. The van der Waals surface area contributed by atoms with Crippen LogP contribution >= 0.6 is 11.6 Å². The fourth-order valence-electron chi connectivity index (χ4n) is 2.18. The first-order chi connectivity index (χ1) is 10.8. The van der Waals surface area contributed by atoms with Crippen molar-refractivity contribution in [3.05, 3.63) is 71.3 Å². The summed E-state index contributed by atoms with van der Waals surface area (Å²) >= 11 is 6.06. The van der Waals surface area contributed by atoms with E-state index in [4.69, 9.17) is 16.3 Å². The van der Waals surface area contributed by atoms with Gasteiger partial charge in [-0.3, -0.25) is 4.98 Å². The smallest absolute Gasteiger partial charge is 0.240 e. The molecule has 5 heteroatoms. The minimum Gasteiger partial charge on any atom is -0.479 e. The molecule has 0 N–H and O–H groups in total. The molecule has 0 saturated carbocycles. The third kappa shape index (κ3) is 3.23. The molecule has 0 saturated heterocycles. The number of ether oxygens (including phenoxy) is 1. The second-order valence-electron chi connectivity index (χ2n) is 4.77. The van der Waals surface area contributed by atoms with Crippen LogP contribution in [0.25, 0.3) is 11.3 Å². The lowest BCUT2D eigenvalue weighted by molar-refractivity contribution is 0.397. The lowest BCUT2D eigenvalue weighted by atomic mass is 10.1. The lowest BCUT2D eigenvalue weighted by Crippen LogP contribution is -2.00. The summed E-state index contributed by atoms with van der Waals surface area (Å²) in [5.74, 6) is 0.484. The summed E-state index contributed by atoms with van der Waals surface area (Å²) in [6, 6.07) is 11.4. The molecule has 0 aliphatic carbocycles. The fourth-order valence-corrected chi connectivity index (χ4v) is 2.38. The lowest BCUT2D eigenvalue weighted by Gasteiger charge is -2.09. The Morgan fingerprint density at radius 3 is 2.77 bits per heavy atom. The molecule has 0 unspecified atom stereocenters. The largest absolute Gasteiger partial charge is 0.479 e. The van der Waals surface area contributed by atoms with E-state index in [-0.39, 0.29) is 0 Å². The predicted molar refractivity (Wildman–Crippen MR) is 86.1 cm³/mol. The number of methoxy groups -OCH3 is 1. The van der Waals surface area contributed by atoms with Crippen molar-refractivity contribution in [2.24, 2.45) is 0 Å². The molecule has 0 bridgehead atoms. The van der Waals surface area contributed by atoms with E-state index in [9.17, 15) is 0 Å². The van der Waals surface area contributed by atoms with E-state index in [1.165, 1.54) is 0 Å². The molecule has 0 atom stereocenters. The van der Waals surface area contributed by atoms with Gasteiger partial charge in [0.05, 0.1) is 19.0 Å². The highest BCUT2D eigenvalue weighted by atomic mass is 35.5. The van der Waals surface area contributed by atoms with Crippen LogP contribution in [0, 0.1) is 0 Å². The zero-order chi connectivity index (χ0) is 15.4. The van der Waals surface area contributed by atoms with Crippen molar-refractivity contribution in [2.45, 2.75) is 6.42 Å². The van der Waals surface area contributed by atoms with Gasteiger partial charge in [0.1, 0.15) is 5.69 Å². The van der Waals surface area contributed by atoms with Crippen LogP contribution in [0.2, 0.25) is 5.02 Å². The Balaban J connectivity index is 1.99. The van der Waals surface area contributed by atoms with Crippen LogP contribution in [0.15, 0.2) is 55.0 Å². The second kappa shape index (κ2) is 6.54. The van der Waals surface area contributed by atoms with Crippen LogP contribution in [0.5, 0.6) is 5.88 Å². The highest BCUT2D eigenvalue weighted by Crippen LogP contribution is 2.28. The maximum Gasteiger partial charge on any atom is 0.240 e. The van der Waals surface area contributed by atoms with Crippen molar-refractivity contribution in [3.63, 3.8) is 0 Å². The zero-order valence-electron chi connectivity index (χ0n) is 12.0. The highest BCUT2D eigenvalue weighted by Gasteiger charge is 2.11.